The summed E-state index contributed by atoms with van der Waals surface area (Å²) in [4.78, 5) is 41.6. The molecule has 3 rings (SSSR count). The lowest BCUT2D eigenvalue weighted by Crippen LogP contribution is -2.31. The van der Waals surface area contributed by atoms with Gasteiger partial charge in [0.15, 0.2) is 11.6 Å². The van der Waals surface area contributed by atoms with Gasteiger partial charge in [-0.3, -0.25) is 19.1 Å². The number of hydrogen-bond donors (Lipinski definition) is 2. The number of unbranched alkanes of at least 4 members (excludes halogenated alkanes) is 9. The van der Waals surface area contributed by atoms with Crippen molar-refractivity contribution < 1.29 is 23.2 Å². The number of nitrogens with zero attached hydrogens (tertiary/aromatic N) is 7. The molecule has 14 heteroatoms. The van der Waals surface area contributed by atoms with E-state index in [2.05, 4.69) is 31.0 Å². The first-order chi connectivity index (χ1) is 21.6. The fourth-order valence-corrected chi connectivity index (χ4v) is 5.21. The maximum absolute atomic E-state index is 13.6. The molecule has 0 saturated carbocycles. The Kier molecular flexibility index (Phi) is 13.7. The highest BCUT2D eigenvalue weighted by Gasteiger charge is 2.28. The van der Waals surface area contributed by atoms with Gasteiger partial charge in [-0.25, -0.2) is 8.78 Å². The molecule has 12 nitrogen and oxygen atoms in total. The summed E-state index contributed by atoms with van der Waals surface area (Å²) < 4.78 is 30.0. The SMILES string of the molecule is Cc1c(C(=O)C(=O)NCc2cn(CCCCCCCCCCCCN=[N+]=[N-])nn2)c(C)n(C)c1C(=O)Nc1ccc(F)c(F)c1. The number of aryl methyl sites for hydroxylation is 1. The van der Waals surface area contributed by atoms with Crippen molar-refractivity contribution in [2.75, 3.05) is 11.9 Å². The molecule has 0 saturated heterocycles. The molecule has 0 fully saturated rings. The standard InChI is InChI=1S/C31H41F2N9O3/c1-21-27(22(2)41(3)28(21)30(44)37-23-14-15-25(32)26(33)18-23)29(43)31(45)35-19-24-20-42(40-38-24)17-13-11-9-7-5-4-6-8-10-12-16-36-39-34/h14-15,18,20H,4-13,16-17,19H2,1-3H3,(H,35,45)(H,37,44). The van der Waals surface area contributed by atoms with Crippen molar-refractivity contribution in [1.82, 2.24) is 24.9 Å². The lowest BCUT2D eigenvalue weighted by Gasteiger charge is -2.08. The third kappa shape index (κ3) is 10.2. The molecule has 2 amide bonds. The monoisotopic (exact) mass is 625 g/mol. The number of halogens is 2. The maximum Gasteiger partial charge on any atom is 0.292 e. The fourth-order valence-electron chi connectivity index (χ4n) is 5.21. The second-order valence-electron chi connectivity index (χ2n) is 11.1. The molecular weight excluding hydrogens is 584 g/mol. The van der Waals surface area contributed by atoms with Gasteiger partial charge in [-0.05, 0) is 49.9 Å². The quantitative estimate of drug-likeness (QED) is 0.0389. The highest BCUT2D eigenvalue weighted by Crippen LogP contribution is 2.23. The number of nitrogens with one attached hydrogen (secondary N) is 2. The minimum atomic E-state index is -1.11. The Hall–Kier alpha value is -4.58. The van der Waals surface area contributed by atoms with Crippen LogP contribution in [0.25, 0.3) is 10.4 Å². The highest BCUT2D eigenvalue weighted by atomic mass is 19.2. The summed E-state index contributed by atoms with van der Waals surface area (Å²) in [5.41, 5.74) is 9.74. The van der Waals surface area contributed by atoms with Crippen molar-refractivity contribution in [3.8, 4) is 0 Å². The van der Waals surface area contributed by atoms with Crippen LogP contribution in [0, 0.1) is 25.5 Å². The Morgan fingerprint density at radius 1 is 0.956 bits per heavy atom. The molecule has 0 aliphatic carbocycles. The molecule has 0 atom stereocenters. The summed E-state index contributed by atoms with van der Waals surface area (Å²) in [7, 11) is 1.58. The Bertz CT molecular complexity index is 1530. The van der Waals surface area contributed by atoms with E-state index < -0.39 is 29.2 Å². The van der Waals surface area contributed by atoms with Crippen LogP contribution in [0.4, 0.5) is 14.5 Å². The van der Waals surface area contributed by atoms with Crippen LogP contribution < -0.4 is 10.6 Å². The average Bonchev–Trinajstić information content (AvgIpc) is 3.56. The van der Waals surface area contributed by atoms with Crippen molar-refractivity contribution in [3.63, 3.8) is 0 Å². The summed E-state index contributed by atoms with van der Waals surface area (Å²) >= 11 is 0. The highest BCUT2D eigenvalue weighted by molar-refractivity contribution is 6.43. The van der Waals surface area contributed by atoms with E-state index in [0.29, 0.717) is 30.0 Å². The molecule has 0 aliphatic heterocycles. The number of carbonyl (C=O) groups excluding carboxylic acids is 3. The van der Waals surface area contributed by atoms with Gasteiger partial charge in [-0.2, -0.15) is 0 Å². The van der Waals surface area contributed by atoms with Gasteiger partial charge in [-0.15, -0.1) is 5.10 Å². The smallest absolute Gasteiger partial charge is 0.292 e. The number of carbonyl (C=O) groups is 3. The van der Waals surface area contributed by atoms with Crippen LogP contribution in [0.15, 0.2) is 29.5 Å². The largest absolute Gasteiger partial charge is 0.343 e. The van der Waals surface area contributed by atoms with Gasteiger partial charge in [0.05, 0.1) is 18.3 Å². The summed E-state index contributed by atoms with van der Waals surface area (Å²) in [5, 5.41) is 16.8. The molecular formula is C31H41F2N9O3. The van der Waals surface area contributed by atoms with E-state index >= 15 is 0 Å². The molecule has 0 aliphatic rings. The normalized spacial score (nSPS) is 10.9. The third-order valence-corrected chi connectivity index (χ3v) is 7.73. The Morgan fingerprint density at radius 2 is 1.60 bits per heavy atom. The van der Waals surface area contributed by atoms with Crippen molar-refractivity contribution in [2.45, 2.75) is 91.1 Å². The van der Waals surface area contributed by atoms with Crippen molar-refractivity contribution in [1.29, 1.82) is 0 Å². The van der Waals surface area contributed by atoms with Gasteiger partial charge in [0.1, 0.15) is 11.4 Å². The first-order valence-electron chi connectivity index (χ1n) is 15.3. The van der Waals surface area contributed by atoms with Crippen LogP contribution in [0.1, 0.15) is 102 Å². The molecule has 2 aromatic heterocycles. The number of aromatic nitrogens is 4. The van der Waals surface area contributed by atoms with Crippen LogP contribution in [0.5, 0.6) is 0 Å². The van der Waals surface area contributed by atoms with E-state index in [1.165, 1.54) is 42.7 Å². The average molecular weight is 626 g/mol. The van der Waals surface area contributed by atoms with Gasteiger partial charge < -0.3 is 15.2 Å². The molecule has 2 heterocycles. The zero-order valence-corrected chi connectivity index (χ0v) is 26.1. The van der Waals surface area contributed by atoms with Gasteiger partial charge >= 0.3 is 0 Å². The lowest BCUT2D eigenvalue weighted by atomic mass is 10.0. The second-order valence-corrected chi connectivity index (χ2v) is 11.1. The molecule has 242 valence electrons. The summed E-state index contributed by atoms with van der Waals surface area (Å²) in [6, 6.07) is 2.98. The van der Waals surface area contributed by atoms with Gasteiger partial charge in [0.25, 0.3) is 17.6 Å². The number of azide groups is 1. The molecule has 0 radical (unpaired) electrons. The molecule has 0 unspecified atom stereocenters. The summed E-state index contributed by atoms with van der Waals surface area (Å²) in [6.45, 7) is 4.49. The van der Waals surface area contributed by atoms with Crippen LogP contribution in [0.3, 0.4) is 0 Å². The van der Waals surface area contributed by atoms with Crippen molar-refractivity contribution in [2.24, 2.45) is 12.2 Å². The maximum atomic E-state index is 13.6. The third-order valence-electron chi connectivity index (χ3n) is 7.73. The minimum absolute atomic E-state index is 0.0184. The van der Waals surface area contributed by atoms with Crippen molar-refractivity contribution >= 4 is 23.3 Å². The zero-order valence-electron chi connectivity index (χ0n) is 26.1. The lowest BCUT2D eigenvalue weighted by molar-refractivity contribution is -0.117. The number of rotatable bonds is 19. The Labute approximate surface area is 261 Å². The molecule has 0 bridgehead atoms. The summed E-state index contributed by atoms with van der Waals surface area (Å²) in [6.07, 6.45) is 13.0. The van der Waals surface area contributed by atoms with Gasteiger partial charge in [-0.1, -0.05) is 61.7 Å². The zero-order chi connectivity index (χ0) is 32.8. The Balaban J connectivity index is 1.40. The van der Waals surface area contributed by atoms with E-state index in [9.17, 15) is 23.2 Å². The van der Waals surface area contributed by atoms with Crippen molar-refractivity contribution in [3.05, 3.63) is 74.7 Å². The van der Waals surface area contributed by atoms with E-state index in [4.69, 9.17) is 5.53 Å². The number of hydrogen-bond acceptors (Lipinski definition) is 6. The van der Waals surface area contributed by atoms with E-state index in [1.54, 1.807) is 31.8 Å². The second kappa shape index (κ2) is 17.6. The van der Waals surface area contributed by atoms with Crippen LogP contribution in [-0.4, -0.2) is 43.7 Å². The van der Waals surface area contributed by atoms with Gasteiger partial charge in [0, 0.05) is 42.5 Å². The van der Waals surface area contributed by atoms with E-state index in [-0.39, 0.29) is 23.5 Å². The predicted octanol–water partition coefficient (Wildman–Crippen LogP) is 6.47. The first kappa shape index (κ1) is 34.9. The predicted molar refractivity (Wildman–Crippen MR) is 166 cm³/mol. The number of amides is 2. The van der Waals surface area contributed by atoms with Crippen LogP contribution >= 0.6 is 0 Å². The molecule has 0 spiro atoms. The number of anilines is 1. The molecule has 2 N–H and O–H groups in total. The van der Waals surface area contributed by atoms with E-state index in [1.807, 2.05) is 0 Å². The van der Waals surface area contributed by atoms with Crippen LogP contribution in [-0.2, 0) is 24.9 Å². The first-order valence-corrected chi connectivity index (χ1v) is 15.3. The Morgan fingerprint density at radius 3 is 2.24 bits per heavy atom. The number of benzene rings is 1. The van der Waals surface area contributed by atoms with Gasteiger partial charge in [0.2, 0.25) is 0 Å². The molecule has 1 aromatic carbocycles. The number of Topliss-reactive ketones (excluding diaryl/α,β-unsaturated/α-hetero) is 1. The summed E-state index contributed by atoms with van der Waals surface area (Å²) in [5.74, 6) is -4.42. The van der Waals surface area contributed by atoms with E-state index in [0.717, 1.165) is 44.2 Å². The topological polar surface area (TPSA) is 160 Å². The minimum Gasteiger partial charge on any atom is -0.343 e. The molecule has 45 heavy (non-hydrogen) atoms. The fraction of sp³-hybridized carbons (Fsp3) is 0.516. The number of ketones is 1. The molecule has 3 aromatic rings. The van der Waals surface area contributed by atoms with Crippen LogP contribution in [0.2, 0.25) is 0 Å².